The number of fused-ring (bicyclic) bond motifs is 1. The van der Waals surface area contributed by atoms with Gasteiger partial charge in [-0.05, 0) is 26.0 Å². The van der Waals surface area contributed by atoms with Crippen LogP contribution in [-0.2, 0) is 0 Å². The Labute approximate surface area is 134 Å². The zero-order chi connectivity index (χ0) is 15.8. The molecule has 0 aliphatic carbocycles. The van der Waals surface area contributed by atoms with Crippen LogP contribution in [0.4, 0.5) is 5.82 Å². The quantitative estimate of drug-likeness (QED) is 0.768. The maximum absolute atomic E-state index is 4.83. The number of anilines is 1. The summed E-state index contributed by atoms with van der Waals surface area (Å²) in [6.45, 7) is 7.81. The van der Waals surface area contributed by atoms with E-state index in [-0.39, 0.29) is 0 Å². The minimum absolute atomic E-state index is 0.873. The fraction of sp³-hybridized carbons (Fsp3) is 0.375. The molecule has 0 atom stereocenters. The van der Waals surface area contributed by atoms with Gasteiger partial charge >= 0.3 is 0 Å². The van der Waals surface area contributed by atoms with Crippen molar-refractivity contribution in [1.82, 2.24) is 30.3 Å². The zero-order valence-electron chi connectivity index (χ0n) is 13.3. The number of pyridine rings is 1. The van der Waals surface area contributed by atoms with Crippen LogP contribution in [0.2, 0.25) is 0 Å². The highest BCUT2D eigenvalue weighted by Gasteiger charge is 2.21. The third kappa shape index (κ3) is 2.33. The maximum Gasteiger partial charge on any atom is 0.179 e. The highest BCUT2D eigenvalue weighted by atomic mass is 15.3. The molecule has 118 valence electrons. The lowest BCUT2D eigenvalue weighted by atomic mass is 10.2. The fourth-order valence-corrected chi connectivity index (χ4v) is 3.13. The molecule has 0 spiro atoms. The van der Waals surface area contributed by atoms with Crippen LogP contribution in [-0.4, -0.2) is 51.1 Å². The van der Waals surface area contributed by atoms with Gasteiger partial charge < -0.3 is 10.2 Å². The number of nitrogens with zero attached hydrogens (tertiary/aromatic N) is 6. The van der Waals surface area contributed by atoms with Crippen LogP contribution in [0.1, 0.15) is 11.4 Å². The van der Waals surface area contributed by atoms with Crippen molar-refractivity contribution in [2.45, 2.75) is 13.8 Å². The molecule has 1 aliphatic heterocycles. The Morgan fingerprint density at radius 1 is 1.13 bits per heavy atom. The van der Waals surface area contributed by atoms with Crippen molar-refractivity contribution in [3.63, 3.8) is 0 Å². The van der Waals surface area contributed by atoms with E-state index in [4.69, 9.17) is 5.10 Å². The average molecular weight is 309 g/mol. The van der Waals surface area contributed by atoms with Gasteiger partial charge in [-0.2, -0.15) is 10.2 Å². The van der Waals surface area contributed by atoms with E-state index in [0.29, 0.717) is 0 Å². The molecule has 0 amide bonds. The predicted molar refractivity (Wildman–Crippen MR) is 89.0 cm³/mol. The van der Waals surface area contributed by atoms with Crippen molar-refractivity contribution >= 4 is 16.7 Å². The van der Waals surface area contributed by atoms with Gasteiger partial charge in [0.1, 0.15) is 5.52 Å². The Morgan fingerprint density at radius 2 is 1.96 bits per heavy atom. The Bertz CT molecular complexity index is 835. The molecule has 7 nitrogen and oxygen atoms in total. The van der Waals surface area contributed by atoms with Crippen molar-refractivity contribution in [1.29, 1.82) is 0 Å². The SMILES string of the molecule is Cc1nnc(N2CCNCC2)c2nn(-c3cccnc3)c(C)c12. The zero-order valence-corrected chi connectivity index (χ0v) is 13.3. The molecule has 3 aromatic rings. The smallest absolute Gasteiger partial charge is 0.179 e. The summed E-state index contributed by atoms with van der Waals surface area (Å²) in [6, 6.07) is 3.92. The molecule has 1 aliphatic rings. The van der Waals surface area contributed by atoms with Crippen molar-refractivity contribution in [3.8, 4) is 5.69 Å². The van der Waals surface area contributed by atoms with Crippen LogP contribution < -0.4 is 10.2 Å². The Balaban J connectivity index is 1.92. The Morgan fingerprint density at radius 3 is 2.70 bits per heavy atom. The number of aromatic nitrogens is 5. The largest absolute Gasteiger partial charge is 0.351 e. The first-order chi connectivity index (χ1) is 11.3. The molecule has 1 N–H and O–H groups in total. The van der Waals surface area contributed by atoms with Crippen molar-refractivity contribution < 1.29 is 0 Å². The first-order valence-corrected chi connectivity index (χ1v) is 7.84. The summed E-state index contributed by atoms with van der Waals surface area (Å²) in [4.78, 5) is 6.45. The second-order valence-electron chi connectivity index (χ2n) is 5.78. The van der Waals surface area contributed by atoms with Crippen LogP contribution in [0.15, 0.2) is 24.5 Å². The molecule has 3 aromatic heterocycles. The van der Waals surface area contributed by atoms with Gasteiger partial charge in [-0.3, -0.25) is 4.98 Å². The summed E-state index contributed by atoms with van der Waals surface area (Å²) < 4.78 is 1.93. The van der Waals surface area contributed by atoms with Gasteiger partial charge in [0.05, 0.1) is 28.7 Å². The van der Waals surface area contributed by atoms with Crippen molar-refractivity contribution in [2.24, 2.45) is 0 Å². The molecule has 1 saturated heterocycles. The van der Waals surface area contributed by atoms with E-state index in [9.17, 15) is 0 Å². The summed E-state index contributed by atoms with van der Waals surface area (Å²) in [5, 5.41) is 18.1. The third-order valence-corrected chi connectivity index (χ3v) is 4.29. The van der Waals surface area contributed by atoms with E-state index in [0.717, 1.165) is 60.0 Å². The Kier molecular flexibility index (Phi) is 3.42. The van der Waals surface area contributed by atoms with Crippen molar-refractivity contribution in [2.75, 3.05) is 31.1 Å². The molecule has 0 radical (unpaired) electrons. The van der Waals surface area contributed by atoms with E-state index in [2.05, 4.69) is 32.3 Å². The van der Waals surface area contributed by atoms with Gasteiger partial charge in [0, 0.05) is 32.4 Å². The number of aryl methyl sites for hydroxylation is 2. The molecule has 0 aromatic carbocycles. The normalized spacial score (nSPS) is 15.3. The lowest BCUT2D eigenvalue weighted by molar-refractivity contribution is 0.583. The number of hydrogen-bond acceptors (Lipinski definition) is 6. The third-order valence-electron chi connectivity index (χ3n) is 4.29. The van der Waals surface area contributed by atoms with Gasteiger partial charge in [-0.1, -0.05) is 0 Å². The monoisotopic (exact) mass is 309 g/mol. The summed E-state index contributed by atoms with van der Waals surface area (Å²) >= 11 is 0. The van der Waals surface area contributed by atoms with Crippen LogP contribution in [0.3, 0.4) is 0 Å². The second-order valence-corrected chi connectivity index (χ2v) is 5.78. The minimum atomic E-state index is 0.873. The van der Waals surface area contributed by atoms with Crippen molar-refractivity contribution in [3.05, 3.63) is 35.9 Å². The first kappa shape index (κ1) is 14.1. The highest BCUT2D eigenvalue weighted by molar-refractivity contribution is 5.92. The van der Waals surface area contributed by atoms with Gasteiger partial charge in [-0.15, -0.1) is 5.10 Å². The minimum Gasteiger partial charge on any atom is -0.351 e. The summed E-state index contributed by atoms with van der Waals surface area (Å²) in [5.41, 5.74) is 3.84. The lowest BCUT2D eigenvalue weighted by Gasteiger charge is -2.28. The maximum atomic E-state index is 4.83. The number of piperazine rings is 1. The molecule has 0 unspecified atom stereocenters. The molecule has 4 rings (SSSR count). The van der Waals surface area contributed by atoms with Crippen LogP contribution in [0.25, 0.3) is 16.6 Å². The molecule has 1 fully saturated rings. The molecule has 0 saturated carbocycles. The molecule has 0 bridgehead atoms. The van der Waals surface area contributed by atoms with E-state index < -0.39 is 0 Å². The molecular formula is C16H19N7. The standard InChI is InChI=1S/C16H19N7/c1-11-14-12(2)23(13-4-3-5-18-10-13)21-15(14)16(20-19-11)22-8-6-17-7-9-22/h3-5,10,17H,6-9H2,1-2H3. The van der Waals surface area contributed by atoms with E-state index >= 15 is 0 Å². The highest BCUT2D eigenvalue weighted by Crippen LogP contribution is 2.29. The lowest BCUT2D eigenvalue weighted by Crippen LogP contribution is -2.44. The average Bonchev–Trinajstić information content (AvgIpc) is 2.95. The van der Waals surface area contributed by atoms with Crippen LogP contribution in [0.5, 0.6) is 0 Å². The van der Waals surface area contributed by atoms with Gasteiger partial charge in [0.15, 0.2) is 5.82 Å². The van der Waals surface area contributed by atoms with Gasteiger partial charge in [0.25, 0.3) is 0 Å². The Hall–Kier alpha value is -2.54. The summed E-state index contributed by atoms with van der Waals surface area (Å²) in [7, 11) is 0. The number of rotatable bonds is 2. The fourth-order valence-electron chi connectivity index (χ4n) is 3.13. The van der Waals surface area contributed by atoms with Gasteiger partial charge in [-0.25, -0.2) is 4.68 Å². The molecule has 4 heterocycles. The second kappa shape index (κ2) is 5.58. The van der Waals surface area contributed by atoms with Crippen LogP contribution >= 0.6 is 0 Å². The summed E-state index contributed by atoms with van der Waals surface area (Å²) in [5.74, 6) is 0.873. The van der Waals surface area contributed by atoms with Gasteiger partial charge in [0.2, 0.25) is 0 Å². The van der Waals surface area contributed by atoms with E-state index in [1.165, 1.54) is 0 Å². The first-order valence-electron chi connectivity index (χ1n) is 7.84. The van der Waals surface area contributed by atoms with E-state index in [1.807, 2.05) is 29.9 Å². The predicted octanol–water partition coefficient (Wildman–Crippen LogP) is 1.24. The number of hydrogen-bond donors (Lipinski definition) is 1. The number of nitrogens with one attached hydrogen (secondary N) is 1. The molecular weight excluding hydrogens is 290 g/mol. The molecule has 23 heavy (non-hydrogen) atoms. The van der Waals surface area contributed by atoms with Crippen LogP contribution in [0, 0.1) is 13.8 Å². The summed E-state index contributed by atoms with van der Waals surface area (Å²) in [6.07, 6.45) is 3.59. The molecule has 7 heteroatoms. The van der Waals surface area contributed by atoms with E-state index in [1.54, 1.807) is 6.20 Å². The topological polar surface area (TPSA) is 71.8 Å².